The maximum absolute atomic E-state index is 3.85. The average Bonchev–Trinajstić information content (AvgIpc) is 2.89. The third-order valence-electron chi connectivity index (χ3n) is 4.76. The molecular weight excluding hydrogens is 274 g/mol. The van der Waals surface area contributed by atoms with Crippen LogP contribution in [0, 0.1) is 6.92 Å². The van der Waals surface area contributed by atoms with Crippen LogP contribution in [0.5, 0.6) is 0 Å². The van der Waals surface area contributed by atoms with Gasteiger partial charge in [0.1, 0.15) is 0 Å². The molecule has 1 heterocycles. The van der Waals surface area contributed by atoms with Crippen LogP contribution in [0.2, 0.25) is 0 Å². The van der Waals surface area contributed by atoms with Gasteiger partial charge in [-0.2, -0.15) is 0 Å². The van der Waals surface area contributed by atoms with Gasteiger partial charge in [0.05, 0.1) is 0 Å². The molecule has 21 heavy (non-hydrogen) atoms. The van der Waals surface area contributed by atoms with Crippen molar-refractivity contribution in [3.63, 3.8) is 0 Å². The summed E-state index contributed by atoms with van der Waals surface area (Å²) in [6.45, 7) is 9.20. The molecule has 2 aromatic rings. The molecule has 1 aliphatic rings. The lowest BCUT2D eigenvalue weighted by Gasteiger charge is -2.38. The molecule has 112 valence electrons. The van der Waals surface area contributed by atoms with Crippen LogP contribution in [0.3, 0.4) is 0 Å². The van der Waals surface area contributed by atoms with E-state index < -0.39 is 0 Å². The summed E-state index contributed by atoms with van der Waals surface area (Å²) in [4.78, 5) is 2.83. The largest absolute Gasteiger partial charge is 0.303 e. The summed E-state index contributed by atoms with van der Waals surface area (Å²) in [6, 6.07) is 14.3. The van der Waals surface area contributed by atoms with Crippen LogP contribution in [0.1, 0.15) is 66.6 Å². The molecule has 0 saturated heterocycles. The number of thiophene rings is 1. The number of aryl methyl sites for hydroxylation is 1. The normalized spacial score (nSPS) is 21.8. The molecule has 0 fully saturated rings. The van der Waals surface area contributed by atoms with Gasteiger partial charge < -0.3 is 5.32 Å². The van der Waals surface area contributed by atoms with Crippen molar-refractivity contribution in [1.29, 1.82) is 0 Å². The Morgan fingerprint density at radius 2 is 1.95 bits per heavy atom. The maximum atomic E-state index is 3.85. The Kier molecular flexibility index (Phi) is 3.94. The Labute approximate surface area is 132 Å². The molecule has 0 amide bonds. The molecule has 2 atom stereocenters. The molecule has 1 nitrogen and oxygen atoms in total. The van der Waals surface area contributed by atoms with Gasteiger partial charge in [0, 0.05) is 21.8 Å². The quantitative estimate of drug-likeness (QED) is 0.787. The lowest BCUT2D eigenvalue weighted by molar-refractivity contribution is 0.341. The summed E-state index contributed by atoms with van der Waals surface area (Å²) >= 11 is 1.90. The molecule has 3 rings (SSSR count). The van der Waals surface area contributed by atoms with Crippen molar-refractivity contribution >= 4 is 11.3 Å². The number of hydrogen-bond donors (Lipinski definition) is 1. The highest BCUT2D eigenvalue weighted by Crippen LogP contribution is 2.42. The van der Waals surface area contributed by atoms with Gasteiger partial charge in [0.25, 0.3) is 0 Å². The van der Waals surface area contributed by atoms with Gasteiger partial charge in [-0.1, -0.05) is 38.1 Å². The number of fused-ring (bicyclic) bond motifs is 1. The van der Waals surface area contributed by atoms with E-state index in [2.05, 4.69) is 69.4 Å². The zero-order valence-electron chi connectivity index (χ0n) is 13.4. The molecule has 0 saturated carbocycles. The first kappa shape index (κ1) is 14.8. The van der Waals surface area contributed by atoms with Crippen molar-refractivity contribution in [2.45, 2.75) is 58.0 Å². The Morgan fingerprint density at radius 3 is 2.67 bits per heavy atom. The highest BCUT2D eigenvalue weighted by molar-refractivity contribution is 7.12. The number of rotatable bonds is 3. The standard InChI is InChI=1S/C19H25NS/c1-13-9-10-18(21-13)14(2)20-17-11-12-19(3,4)16-8-6-5-7-15(16)17/h5-10,14,17,20H,11-12H2,1-4H3. The van der Waals surface area contributed by atoms with E-state index in [0.29, 0.717) is 17.5 Å². The van der Waals surface area contributed by atoms with E-state index in [1.165, 1.54) is 33.7 Å². The summed E-state index contributed by atoms with van der Waals surface area (Å²) < 4.78 is 0. The number of benzene rings is 1. The van der Waals surface area contributed by atoms with Crippen LogP contribution in [-0.4, -0.2) is 0 Å². The first-order valence-corrected chi connectivity index (χ1v) is 8.71. The van der Waals surface area contributed by atoms with Crippen molar-refractivity contribution in [3.8, 4) is 0 Å². The third-order valence-corrected chi connectivity index (χ3v) is 5.95. The van der Waals surface area contributed by atoms with E-state index in [1.54, 1.807) is 0 Å². The van der Waals surface area contributed by atoms with E-state index in [4.69, 9.17) is 0 Å². The third kappa shape index (κ3) is 2.93. The van der Waals surface area contributed by atoms with Crippen molar-refractivity contribution in [2.75, 3.05) is 0 Å². The fourth-order valence-electron chi connectivity index (χ4n) is 3.46. The van der Waals surface area contributed by atoms with Crippen LogP contribution < -0.4 is 5.32 Å². The second-order valence-corrected chi connectivity index (χ2v) is 8.22. The van der Waals surface area contributed by atoms with Crippen molar-refractivity contribution in [2.24, 2.45) is 0 Å². The van der Waals surface area contributed by atoms with Gasteiger partial charge >= 0.3 is 0 Å². The molecule has 2 unspecified atom stereocenters. The predicted octanol–water partition coefficient (Wildman–Crippen LogP) is 5.52. The van der Waals surface area contributed by atoms with E-state index in [0.717, 1.165) is 0 Å². The number of hydrogen-bond acceptors (Lipinski definition) is 2. The Bertz CT molecular complexity index is 626. The topological polar surface area (TPSA) is 12.0 Å². The first-order valence-electron chi connectivity index (χ1n) is 7.89. The van der Waals surface area contributed by atoms with Crippen LogP contribution in [-0.2, 0) is 5.41 Å². The molecule has 0 radical (unpaired) electrons. The summed E-state index contributed by atoms with van der Waals surface area (Å²) in [5.41, 5.74) is 3.31. The Morgan fingerprint density at radius 1 is 1.19 bits per heavy atom. The molecule has 1 aliphatic carbocycles. The molecular formula is C19H25NS. The molecule has 2 heteroatoms. The maximum Gasteiger partial charge on any atom is 0.0391 e. The smallest absolute Gasteiger partial charge is 0.0391 e. The number of nitrogens with one attached hydrogen (secondary N) is 1. The molecule has 0 bridgehead atoms. The SMILES string of the molecule is Cc1ccc(C(C)NC2CCC(C)(C)c3ccccc32)s1. The Balaban J connectivity index is 1.84. The lowest BCUT2D eigenvalue weighted by Crippen LogP contribution is -2.33. The predicted molar refractivity (Wildman–Crippen MR) is 92.0 cm³/mol. The fourth-order valence-corrected chi connectivity index (χ4v) is 4.34. The van der Waals surface area contributed by atoms with Crippen molar-refractivity contribution < 1.29 is 0 Å². The first-order chi connectivity index (χ1) is 9.97. The van der Waals surface area contributed by atoms with Gasteiger partial charge in [-0.3, -0.25) is 0 Å². The van der Waals surface area contributed by atoms with Crippen molar-refractivity contribution in [3.05, 3.63) is 57.3 Å². The summed E-state index contributed by atoms with van der Waals surface area (Å²) in [7, 11) is 0. The van der Waals surface area contributed by atoms with Gasteiger partial charge in [-0.05, 0) is 55.4 Å². The van der Waals surface area contributed by atoms with E-state index >= 15 is 0 Å². The molecule has 1 aromatic heterocycles. The highest BCUT2D eigenvalue weighted by atomic mass is 32.1. The van der Waals surface area contributed by atoms with Gasteiger partial charge in [-0.15, -0.1) is 11.3 Å². The average molecular weight is 299 g/mol. The molecule has 0 aliphatic heterocycles. The van der Waals surface area contributed by atoms with E-state index in [9.17, 15) is 0 Å². The zero-order chi connectivity index (χ0) is 15.0. The highest BCUT2D eigenvalue weighted by Gasteiger charge is 2.32. The van der Waals surface area contributed by atoms with Gasteiger partial charge in [0.15, 0.2) is 0 Å². The molecule has 1 aromatic carbocycles. The minimum atomic E-state index is 0.303. The van der Waals surface area contributed by atoms with Gasteiger partial charge in [-0.25, -0.2) is 0 Å². The second-order valence-electron chi connectivity index (χ2n) is 6.90. The van der Waals surface area contributed by atoms with Crippen LogP contribution >= 0.6 is 11.3 Å². The Hall–Kier alpha value is -1.12. The minimum absolute atomic E-state index is 0.303. The van der Waals surface area contributed by atoms with E-state index in [-0.39, 0.29) is 0 Å². The molecule has 1 N–H and O–H groups in total. The molecule has 0 spiro atoms. The summed E-state index contributed by atoms with van der Waals surface area (Å²) in [5.74, 6) is 0. The van der Waals surface area contributed by atoms with Crippen LogP contribution in [0.4, 0.5) is 0 Å². The van der Waals surface area contributed by atoms with Crippen molar-refractivity contribution in [1.82, 2.24) is 5.32 Å². The second kappa shape index (κ2) is 5.58. The van der Waals surface area contributed by atoms with Crippen LogP contribution in [0.25, 0.3) is 0 Å². The minimum Gasteiger partial charge on any atom is -0.303 e. The monoisotopic (exact) mass is 299 g/mol. The zero-order valence-corrected chi connectivity index (χ0v) is 14.3. The van der Waals surface area contributed by atoms with Crippen LogP contribution in [0.15, 0.2) is 36.4 Å². The van der Waals surface area contributed by atoms with Gasteiger partial charge in [0.2, 0.25) is 0 Å². The van der Waals surface area contributed by atoms with E-state index in [1.807, 2.05) is 11.3 Å². The fraction of sp³-hybridized carbons (Fsp3) is 0.474. The summed E-state index contributed by atoms with van der Waals surface area (Å²) in [6.07, 6.45) is 2.47. The lowest BCUT2D eigenvalue weighted by atomic mass is 9.71. The summed E-state index contributed by atoms with van der Waals surface area (Å²) in [5, 5.41) is 3.85.